The topological polar surface area (TPSA) is 49.4 Å². The Morgan fingerprint density at radius 1 is 1.04 bits per heavy atom. The number of carbonyl (C=O) groups excluding carboxylic acids is 2. The first kappa shape index (κ1) is 21.9. The van der Waals surface area contributed by atoms with Gasteiger partial charge in [0.25, 0.3) is 11.8 Å². The van der Waals surface area contributed by atoms with Gasteiger partial charge in [0.1, 0.15) is 11.6 Å². The number of benzene rings is 2. The summed E-state index contributed by atoms with van der Waals surface area (Å²) in [6, 6.07) is 7.23. The van der Waals surface area contributed by atoms with E-state index in [1.54, 1.807) is 20.8 Å². The molecule has 148 valence electrons. The minimum atomic E-state index is -0.792. The van der Waals surface area contributed by atoms with Gasteiger partial charge in [-0.05, 0) is 63.2 Å². The third kappa shape index (κ3) is 5.78. The molecule has 0 unspecified atom stereocenters. The fourth-order valence-corrected chi connectivity index (χ4v) is 2.81. The Kier molecular flexibility index (Phi) is 6.80. The van der Waals surface area contributed by atoms with E-state index in [1.165, 1.54) is 18.2 Å². The van der Waals surface area contributed by atoms with Crippen molar-refractivity contribution in [3.8, 4) is 0 Å². The van der Waals surface area contributed by atoms with Crippen LogP contribution in [0.25, 0.3) is 6.08 Å². The molecule has 0 aromatic heterocycles. The van der Waals surface area contributed by atoms with Crippen LogP contribution in [0.4, 0.5) is 8.78 Å². The van der Waals surface area contributed by atoms with Crippen LogP contribution in [0.15, 0.2) is 42.5 Å². The first-order chi connectivity index (χ1) is 13.0. The third-order valence-electron chi connectivity index (χ3n) is 3.58. The van der Waals surface area contributed by atoms with Gasteiger partial charge in [-0.3, -0.25) is 15.0 Å². The second-order valence-corrected chi connectivity index (χ2v) is 7.82. The molecule has 2 amide bonds. The highest BCUT2D eigenvalue weighted by Gasteiger charge is 2.29. The van der Waals surface area contributed by atoms with Crippen LogP contribution in [0, 0.1) is 11.6 Å². The Morgan fingerprint density at radius 3 is 2.21 bits per heavy atom. The molecule has 28 heavy (non-hydrogen) atoms. The van der Waals surface area contributed by atoms with Gasteiger partial charge < -0.3 is 0 Å². The highest BCUT2D eigenvalue weighted by molar-refractivity contribution is 6.35. The number of hydrogen-bond donors (Lipinski definition) is 1. The van der Waals surface area contributed by atoms with Crippen LogP contribution >= 0.6 is 23.2 Å². The zero-order valence-electron chi connectivity index (χ0n) is 15.4. The maximum Gasteiger partial charge on any atom is 0.272 e. The van der Waals surface area contributed by atoms with Crippen LogP contribution in [0.1, 0.15) is 36.7 Å². The predicted octanol–water partition coefficient (Wildman–Crippen LogP) is 5.26. The average molecular weight is 427 g/mol. The van der Waals surface area contributed by atoms with E-state index in [0.29, 0.717) is 0 Å². The normalized spacial score (nSPS) is 11.5. The first-order valence-corrected chi connectivity index (χ1v) is 8.97. The SMILES string of the molecule is CC(C)(C)N(NC(=O)/C=C/c1cc(F)ccc1F)C(=O)c1cc(Cl)cc(Cl)c1. The van der Waals surface area contributed by atoms with E-state index >= 15 is 0 Å². The quantitative estimate of drug-likeness (QED) is 0.537. The summed E-state index contributed by atoms with van der Waals surface area (Å²) in [6.45, 7) is 5.15. The smallest absolute Gasteiger partial charge is 0.268 e. The Bertz CT molecular complexity index is 920. The van der Waals surface area contributed by atoms with Crippen LogP contribution in [-0.2, 0) is 4.79 Å². The summed E-state index contributed by atoms with van der Waals surface area (Å²) in [5, 5.41) is 1.67. The number of carbonyl (C=O) groups is 2. The molecule has 0 saturated heterocycles. The molecule has 8 heteroatoms. The van der Waals surface area contributed by atoms with Gasteiger partial charge in [0.15, 0.2) is 0 Å². The number of rotatable bonds is 3. The van der Waals surface area contributed by atoms with E-state index in [1.807, 2.05) is 0 Å². The third-order valence-corrected chi connectivity index (χ3v) is 4.01. The molecule has 0 aliphatic heterocycles. The number of amides is 2. The average Bonchev–Trinajstić information content (AvgIpc) is 2.58. The zero-order chi connectivity index (χ0) is 21.1. The maximum atomic E-state index is 13.7. The van der Waals surface area contributed by atoms with Gasteiger partial charge in [0, 0.05) is 27.2 Å². The van der Waals surface area contributed by atoms with E-state index in [-0.39, 0.29) is 21.2 Å². The Balaban J connectivity index is 2.24. The van der Waals surface area contributed by atoms with Crippen molar-refractivity contribution in [1.29, 1.82) is 0 Å². The molecular formula is C20H18Cl2F2N2O2. The Hall–Kier alpha value is -2.44. The monoisotopic (exact) mass is 426 g/mol. The molecule has 0 bridgehead atoms. The van der Waals surface area contributed by atoms with Crippen molar-refractivity contribution in [3.63, 3.8) is 0 Å². The van der Waals surface area contributed by atoms with Crippen LogP contribution in [0.2, 0.25) is 10.0 Å². The lowest BCUT2D eigenvalue weighted by atomic mass is 10.1. The lowest BCUT2D eigenvalue weighted by molar-refractivity contribution is -0.122. The second kappa shape index (κ2) is 8.71. The van der Waals surface area contributed by atoms with Crippen LogP contribution in [0.5, 0.6) is 0 Å². The Morgan fingerprint density at radius 2 is 1.64 bits per heavy atom. The van der Waals surface area contributed by atoms with Crippen LogP contribution in [0.3, 0.4) is 0 Å². The highest BCUT2D eigenvalue weighted by atomic mass is 35.5. The van der Waals surface area contributed by atoms with Gasteiger partial charge in [-0.15, -0.1) is 0 Å². The van der Waals surface area contributed by atoms with Crippen LogP contribution in [-0.4, -0.2) is 22.4 Å². The summed E-state index contributed by atoms with van der Waals surface area (Å²) in [7, 11) is 0. The van der Waals surface area contributed by atoms with Gasteiger partial charge in [0.05, 0.1) is 5.54 Å². The van der Waals surface area contributed by atoms with E-state index in [0.717, 1.165) is 35.4 Å². The molecule has 0 aliphatic rings. The minimum Gasteiger partial charge on any atom is -0.268 e. The lowest BCUT2D eigenvalue weighted by Gasteiger charge is -2.35. The van der Waals surface area contributed by atoms with Gasteiger partial charge in [-0.25, -0.2) is 13.8 Å². The maximum absolute atomic E-state index is 13.7. The van der Waals surface area contributed by atoms with Crippen molar-refractivity contribution in [3.05, 3.63) is 75.3 Å². The zero-order valence-corrected chi connectivity index (χ0v) is 16.9. The number of nitrogens with one attached hydrogen (secondary N) is 1. The molecule has 2 aromatic carbocycles. The van der Waals surface area contributed by atoms with Gasteiger partial charge >= 0.3 is 0 Å². The van der Waals surface area contributed by atoms with E-state index in [2.05, 4.69) is 5.43 Å². The molecule has 0 saturated carbocycles. The molecule has 1 N–H and O–H groups in total. The summed E-state index contributed by atoms with van der Waals surface area (Å²) in [4.78, 5) is 25.1. The second-order valence-electron chi connectivity index (χ2n) is 6.94. The van der Waals surface area contributed by atoms with Crippen molar-refractivity contribution in [2.75, 3.05) is 0 Å². The first-order valence-electron chi connectivity index (χ1n) is 8.22. The highest BCUT2D eigenvalue weighted by Crippen LogP contribution is 2.22. The molecule has 2 rings (SSSR count). The number of halogens is 4. The molecule has 0 radical (unpaired) electrons. The minimum absolute atomic E-state index is 0.0922. The Labute approximate surface area is 171 Å². The van der Waals surface area contributed by atoms with Crippen molar-refractivity contribution in [2.45, 2.75) is 26.3 Å². The summed E-state index contributed by atoms with van der Waals surface area (Å²) in [6.07, 6.45) is 2.13. The standard InChI is InChI=1S/C20H18Cl2F2N2O2/c1-20(2,3)26(19(28)13-8-14(21)11-15(22)9-13)25-18(27)7-4-12-10-16(23)5-6-17(12)24/h4-11H,1-3H3,(H,25,27)/b7-4+. The molecule has 2 aromatic rings. The van der Waals surface area contributed by atoms with Gasteiger partial charge in [-0.1, -0.05) is 23.2 Å². The lowest BCUT2D eigenvalue weighted by Crippen LogP contribution is -2.55. The predicted molar refractivity (Wildman–Crippen MR) is 106 cm³/mol. The van der Waals surface area contributed by atoms with Crippen LogP contribution < -0.4 is 5.43 Å². The van der Waals surface area contributed by atoms with Crippen molar-refractivity contribution < 1.29 is 18.4 Å². The fraction of sp³-hybridized carbons (Fsp3) is 0.200. The van der Waals surface area contributed by atoms with E-state index in [9.17, 15) is 18.4 Å². The summed E-state index contributed by atoms with van der Waals surface area (Å²) >= 11 is 11.9. The molecule has 0 heterocycles. The van der Waals surface area contributed by atoms with Crippen molar-refractivity contribution in [2.24, 2.45) is 0 Å². The fourth-order valence-electron chi connectivity index (χ4n) is 2.28. The van der Waals surface area contributed by atoms with Gasteiger partial charge in [0.2, 0.25) is 0 Å². The molecule has 0 aliphatic carbocycles. The number of hydrogen-bond acceptors (Lipinski definition) is 2. The van der Waals surface area contributed by atoms with E-state index in [4.69, 9.17) is 23.2 Å². The number of nitrogens with zero attached hydrogens (tertiary/aromatic N) is 1. The molecule has 0 spiro atoms. The van der Waals surface area contributed by atoms with Crippen molar-refractivity contribution >= 4 is 41.1 Å². The van der Waals surface area contributed by atoms with Gasteiger partial charge in [-0.2, -0.15) is 0 Å². The molecule has 0 fully saturated rings. The van der Waals surface area contributed by atoms with E-state index < -0.39 is 29.0 Å². The van der Waals surface area contributed by atoms with Crippen molar-refractivity contribution in [1.82, 2.24) is 10.4 Å². The molecule has 4 nitrogen and oxygen atoms in total. The number of hydrazine groups is 1. The molecular weight excluding hydrogens is 409 g/mol. The summed E-state index contributed by atoms with van der Waals surface area (Å²) in [5.74, 6) is -2.54. The largest absolute Gasteiger partial charge is 0.272 e. The summed E-state index contributed by atoms with van der Waals surface area (Å²) in [5.41, 5.74) is 1.76. The summed E-state index contributed by atoms with van der Waals surface area (Å²) < 4.78 is 26.9. The molecule has 0 atom stereocenters.